The van der Waals surface area contributed by atoms with Gasteiger partial charge < -0.3 is 5.73 Å². The zero-order valence-corrected chi connectivity index (χ0v) is 7.32. The molecule has 0 bridgehead atoms. The van der Waals surface area contributed by atoms with Gasteiger partial charge in [0.15, 0.2) is 5.69 Å². The Morgan fingerprint density at radius 2 is 2.07 bits per heavy atom. The largest absolute Gasteiger partial charge is 0.434 e. The molecule has 3 nitrogen and oxygen atoms in total. The number of nitrogens with two attached hydrogens (primary N) is 1. The maximum absolute atomic E-state index is 12.2. The minimum absolute atomic E-state index is 0.178. The second kappa shape index (κ2) is 3.35. The molecule has 0 unspecified atom stereocenters. The van der Waals surface area contributed by atoms with Crippen molar-refractivity contribution in [2.45, 2.75) is 6.18 Å². The Morgan fingerprint density at radius 3 is 2.50 bits per heavy atom. The molecule has 14 heavy (non-hydrogen) atoms. The first-order valence-electron chi connectivity index (χ1n) is 3.29. The summed E-state index contributed by atoms with van der Waals surface area (Å²) in [4.78, 5) is 3.01. The van der Waals surface area contributed by atoms with Gasteiger partial charge in [-0.25, -0.2) is 4.98 Å². The Labute approximate surface area is 81.9 Å². The van der Waals surface area contributed by atoms with Crippen LogP contribution in [0.15, 0.2) is 6.07 Å². The Morgan fingerprint density at radius 1 is 1.50 bits per heavy atom. The fourth-order valence-corrected chi connectivity index (χ4v) is 1.05. The van der Waals surface area contributed by atoms with Gasteiger partial charge in [-0.1, -0.05) is 11.6 Å². The lowest BCUT2D eigenvalue weighted by Gasteiger charge is -2.08. The number of pyridine rings is 1. The van der Waals surface area contributed by atoms with Crippen LogP contribution in [0.2, 0.25) is 5.02 Å². The van der Waals surface area contributed by atoms with Gasteiger partial charge in [0.05, 0.1) is 10.6 Å². The number of nitriles is 1. The van der Waals surface area contributed by atoms with Crippen LogP contribution in [0.1, 0.15) is 11.3 Å². The second-order valence-corrected chi connectivity index (χ2v) is 2.77. The Kier molecular flexibility index (Phi) is 2.53. The van der Waals surface area contributed by atoms with Crippen LogP contribution in [0.25, 0.3) is 0 Å². The van der Waals surface area contributed by atoms with E-state index in [1.807, 2.05) is 0 Å². The van der Waals surface area contributed by atoms with Crippen molar-refractivity contribution in [1.82, 2.24) is 4.98 Å². The average molecular weight is 222 g/mol. The van der Waals surface area contributed by atoms with E-state index in [2.05, 4.69) is 4.98 Å². The van der Waals surface area contributed by atoms with Crippen molar-refractivity contribution in [3.8, 4) is 6.07 Å². The van der Waals surface area contributed by atoms with Crippen LogP contribution in [0.4, 0.5) is 19.0 Å². The maximum Gasteiger partial charge on any atom is 0.434 e. The lowest BCUT2D eigenvalue weighted by Crippen LogP contribution is -2.11. The van der Waals surface area contributed by atoms with Gasteiger partial charge in [0.2, 0.25) is 0 Å². The second-order valence-electron chi connectivity index (χ2n) is 2.36. The molecular formula is C7H3ClF3N3. The summed E-state index contributed by atoms with van der Waals surface area (Å²) in [6.07, 6.45) is -4.67. The summed E-state index contributed by atoms with van der Waals surface area (Å²) in [5.74, 6) is -0.482. The number of alkyl halides is 3. The van der Waals surface area contributed by atoms with Crippen molar-refractivity contribution in [2.24, 2.45) is 0 Å². The molecule has 0 aliphatic rings. The Bertz CT molecular complexity index is 408. The molecule has 0 saturated heterocycles. The van der Waals surface area contributed by atoms with Gasteiger partial charge >= 0.3 is 6.18 Å². The van der Waals surface area contributed by atoms with Crippen LogP contribution in [0.3, 0.4) is 0 Å². The molecular weight excluding hydrogens is 219 g/mol. The van der Waals surface area contributed by atoms with Crippen molar-refractivity contribution in [2.75, 3.05) is 5.73 Å². The third-order valence-electron chi connectivity index (χ3n) is 1.39. The first-order valence-corrected chi connectivity index (χ1v) is 3.67. The normalized spacial score (nSPS) is 11.1. The number of halogens is 4. The Hall–Kier alpha value is -1.48. The number of nitrogens with zero attached hydrogens (tertiary/aromatic N) is 2. The van der Waals surface area contributed by atoms with Crippen LogP contribution in [0, 0.1) is 11.3 Å². The zero-order valence-electron chi connectivity index (χ0n) is 6.56. The lowest BCUT2D eigenvalue weighted by atomic mass is 10.2. The highest BCUT2D eigenvalue weighted by molar-refractivity contribution is 6.31. The van der Waals surface area contributed by atoms with Crippen LogP contribution in [0.5, 0.6) is 0 Å². The van der Waals surface area contributed by atoms with Crippen molar-refractivity contribution >= 4 is 17.4 Å². The number of aromatic nitrogens is 1. The van der Waals surface area contributed by atoms with Crippen LogP contribution < -0.4 is 5.73 Å². The van der Waals surface area contributed by atoms with E-state index in [-0.39, 0.29) is 5.56 Å². The number of hydrogen-bond acceptors (Lipinski definition) is 3. The van der Waals surface area contributed by atoms with E-state index in [1.54, 1.807) is 6.07 Å². The monoisotopic (exact) mass is 221 g/mol. The first kappa shape index (κ1) is 10.6. The summed E-state index contributed by atoms with van der Waals surface area (Å²) in [6.45, 7) is 0. The van der Waals surface area contributed by atoms with Crippen molar-refractivity contribution in [3.05, 3.63) is 22.3 Å². The molecule has 1 aromatic rings. The summed E-state index contributed by atoms with van der Waals surface area (Å²) in [6, 6.07) is 2.42. The maximum atomic E-state index is 12.2. The highest BCUT2D eigenvalue weighted by Gasteiger charge is 2.35. The zero-order chi connectivity index (χ0) is 10.9. The molecule has 0 aromatic carbocycles. The summed E-state index contributed by atoms with van der Waals surface area (Å²) >= 11 is 5.28. The van der Waals surface area contributed by atoms with E-state index >= 15 is 0 Å². The summed E-state index contributed by atoms with van der Waals surface area (Å²) in [5, 5.41) is 7.79. The molecule has 0 amide bonds. The summed E-state index contributed by atoms with van der Waals surface area (Å²) in [7, 11) is 0. The molecule has 1 aromatic heterocycles. The first-order chi connectivity index (χ1) is 6.36. The molecule has 0 spiro atoms. The number of nitrogen functional groups attached to an aromatic ring is 1. The fourth-order valence-electron chi connectivity index (χ4n) is 0.791. The molecule has 0 atom stereocenters. The highest BCUT2D eigenvalue weighted by atomic mass is 35.5. The van der Waals surface area contributed by atoms with Crippen molar-refractivity contribution in [3.63, 3.8) is 0 Å². The third kappa shape index (κ3) is 1.88. The smallest absolute Gasteiger partial charge is 0.383 e. The molecule has 2 N–H and O–H groups in total. The van der Waals surface area contributed by atoms with E-state index < -0.39 is 22.7 Å². The van der Waals surface area contributed by atoms with Gasteiger partial charge in [0.25, 0.3) is 0 Å². The van der Waals surface area contributed by atoms with Crippen LogP contribution in [-0.2, 0) is 6.18 Å². The molecule has 0 aliphatic heterocycles. The van der Waals surface area contributed by atoms with E-state index in [0.29, 0.717) is 0 Å². The van der Waals surface area contributed by atoms with Gasteiger partial charge in [-0.3, -0.25) is 0 Å². The Balaban J connectivity index is 3.38. The molecule has 1 rings (SSSR count). The predicted molar refractivity (Wildman–Crippen MR) is 43.4 cm³/mol. The quantitative estimate of drug-likeness (QED) is 0.731. The van der Waals surface area contributed by atoms with Crippen molar-refractivity contribution in [1.29, 1.82) is 5.26 Å². The minimum Gasteiger partial charge on any atom is -0.383 e. The average Bonchev–Trinajstić information content (AvgIpc) is 2.06. The topological polar surface area (TPSA) is 62.7 Å². The number of hydrogen-bond donors (Lipinski definition) is 1. The molecule has 0 radical (unpaired) electrons. The van der Waals surface area contributed by atoms with Crippen LogP contribution in [-0.4, -0.2) is 4.98 Å². The van der Waals surface area contributed by atoms with E-state index in [4.69, 9.17) is 22.6 Å². The van der Waals surface area contributed by atoms with Gasteiger partial charge in [0, 0.05) is 0 Å². The number of rotatable bonds is 0. The molecule has 0 aliphatic carbocycles. The number of anilines is 1. The van der Waals surface area contributed by atoms with E-state index in [0.717, 1.165) is 6.07 Å². The molecule has 1 heterocycles. The van der Waals surface area contributed by atoms with Gasteiger partial charge in [-0.2, -0.15) is 18.4 Å². The van der Waals surface area contributed by atoms with Gasteiger partial charge in [0.1, 0.15) is 11.9 Å². The summed E-state index contributed by atoms with van der Waals surface area (Å²) < 4.78 is 36.5. The van der Waals surface area contributed by atoms with E-state index in [9.17, 15) is 13.2 Å². The molecule has 7 heteroatoms. The highest BCUT2D eigenvalue weighted by Crippen LogP contribution is 2.34. The van der Waals surface area contributed by atoms with Gasteiger partial charge in [-0.15, -0.1) is 0 Å². The van der Waals surface area contributed by atoms with Crippen molar-refractivity contribution < 1.29 is 13.2 Å². The summed E-state index contributed by atoms with van der Waals surface area (Å²) in [5.41, 5.74) is 3.65. The molecule has 74 valence electrons. The SMILES string of the molecule is N#Cc1cc(Cl)c(C(F)(F)F)nc1N. The van der Waals surface area contributed by atoms with Gasteiger partial charge in [-0.05, 0) is 6.07 Å². The van der Waals surface area contributed by atoms with E-state index in [1.165, 1.54) is 0 Å². The van der Waals surface area contributed by atoms with Crippen LogP contribution >= 0.6 is 11.6 Å². The predicted octanol–water partition coefficient (Wildman–Crippen LogP) is 2.21. The standard InChI is InChI=1S/C7H3ClF3N3/c8-4-1-3(2-12)6(13)14-5(4)7(9,10)11/h1H,(H2,13,14). The minimum atomic E-state index is -4.67. The molecule has 0 fully saturated rings. The lowest BCUT2D eigenvalue weighted by molar-refractivity contribution is -0.140. The fraction of sp³-hybridized carbons (Fsp3) is 0.143. The molecule has 0 saturated carbocycles. The third-order valence-corrected chi connectivity index (χ3v) is 1.68.